The first kappa shape index (κ1) is 21.1. The van der Waals surface area contributed by atoms with Gasteiger partial charge in [0, 0.05) is 33.1 Å². The molecule has 0 N–H and O–H groups in total. The molecule has 2 amide bonds. The molecule has 0 atom stereocenters. The summed E-state index contributed by atoms with van der Waals surface area (Å²) in [4.78, 5) is 28.9. The van der Waals surface area contributed by atoms with Gasteiger partial charge < -0.3 is 9.80 Å². The summed E-state index contributed by atoms with van der Waals surface area (Å²) in [5.74, 6) is 0.515. The Labute approximate surface area is 173 Å². The molecule has 1 aromatic carbocycles. The van der Waals surface area contributed by atoms with E-state index in [9.17, 15) is 9.59 Å². The molecule has 156 valence electrons. The highest BCUT2D eigenvalue weighted by atomic mass is 16.2. The standard InChI is InChI=1S/C23H32N4O2/c1-6-20-22(23(29)26-13-11-25(12-14-26)18(5)28)19(15-16(2)3)24-27(20)21-10-8-7-9-17(21)4/h7-10,16H,6,11-15H2,1-5H3. The number of carbonyl (C=O) groups excluding carboxylic acids is 2. The number of amides is 2. The molecule has 1 fully saturated rings. The maximum Gasteiger partial charge on any atom is 0.257 e. The Balaban J connectivity index is 2.01. The number of nitrogens with zero attached hydrogens (tertiary/aromatic N) is 4. The largest absolute Gasteiger partial charge is 0.339 e. The topological polar surface area (TPSA) is 58.4 Å². The van der Waals surface area contributed by atoms with Crippen LogP contribution in [0.2, 0.25) is 0 Å². The smallest absolute Gasteiger partial charge is 0.257 e. The Morgan fingerprint density at radius 3 is 2.24 bits per heavy atom. The van der Waals surface area contributed by atoms with Crippen molar-refractivity contribution in [2.75, 3.05) is 26.2 Å². The molecule has 1 aromatic heterocycles. The van der Waals surface area contributed by atoms with Crippen molar-refractivity contribution in [2.24, 2.45) is 5.92 Å². The van der Waals surface area contributed by atoms with Crippen LogP contribution in [0.1, 0.15) is 55.0 Å². The molecule has 0 radical (unpaired) electrons. The number of para-hydroxylation sites is 1. The monoisotopic (exact) mass is 396 g/mol. The van der Waals surface area contributed by atoms with Gasteiger partial charge in [0.15, 0.2) is 0 Å². The summed E-state index contributed by atoms with van der Waals surface area (Å²) in [5.41, 5.74) is 4.75. The normalized spacial score (nSPS) is 14.6. The van der Waals surface area contributed by atoms with E-state index in [2.05, 4.69) is 39.8 Å². The number of rotatable bonds is 5. The van der Waals surface area contributed by atoms with Crippen molar-refractivity contribution in [3.8, 4) is 5.69 Å². The molecular formula is C23H32N4O2. The molecule has 0 spiro atoms. The second-order valence-corrected chi connectivity index (χ2v) is 8.22. The molecule has 2 aromatic rings. The predicted octanol–water partition coefficient (Wildman–Crippen LogP) is 3.25. The molecular weight excluding hydrogens is 364 g/mol. The molecule has 29 heavy (non-hydrogen) atoms. The molecule has 0 saturated carbocycles. The number of piperazine rings is 1. The van der Waals surface area contributed by atoms with Gasteiger partial charge in [0.05, 0.1) is 22.6 Å². The summed E-state index contributed by atoms with van der Waals surface area (Å²) in [7, 11) is 0. The third-order valence-corrected chi connectivity index (χ3v) is 5.56. The third-order valence-electron chi connectivity index (χ3n) is 5.56. The van der Waals surface area contributed by atoms with E-state index in [1.54, 1.807) is 11.8 Å². The summed E-state index contributed by atoms with van der Waals surface area (Å²) in [6.07, 6.45) is 1.49. The van der Waals surface area contributed by atoms with E-state index in [-0.39, 0.29) is 11.8 Å². The quantitative estimate of drug-likeness (QED) is 0.780. The molecule has 6 nitrogen and oxygen atoms in total. The fraction of sp³-hybridized carbons (Fsp3) is 0.522. The minimum absolute atomic E-state index is 0.0422. The fourth-order valence-electron chi connectivity index (χ4n) is 3.99. The number of aryl methyl sites for hydroxylation is 1. The highest BCUT2D eigenvalue weighted by Gasteiger charge is 2.30. The van der Waals surface area contributed by atoms with E-state index in [1.165, 1.54) is 0 Å². The molecule has 3 rings (SSSR count). The van der Waals surface area contributed by atoms with E-state index in [1.807, 2.05) is 21.7 Å². The van der Waals surface area contributed by atoms with Crippen molar-refractivity contribution in [1.29, 1.82) is 0 Å². The Hall–Kier alpha value is -2.63. The minimum Gasteiger partial charge on any atom is -0.339 e. The molecule has 6 heteroatoms. The van der Waals surface area contributed by atoms with Crippen LogP contribution in [0.5, 0.6) is 0 Å². The Bertz CT molecular complexity index is 892. The fourth-order valence-corrected chi connectivity index (χ4v) is 3.99. The SMILES string of the molecule is CCc1c(C(=O)N2CCN(C(C)=O)CC2)c(CC(C)C)nn1-c1ccccc1C. The van der Waals surface area contributed by atoms with Gasteiger partial charge >= 0.3 is 0 Å². The van der Waals surface area contributed by atoms with E-state index in [0.717, 1.165) is 41.0 Å². The first-order valence-electron chi connectivity index (χ1n) is 10.5. The Morgan fingerprint density at radius 2 is 1.69 bits per heavy atom. The average Bonchev–Trinajstić information content (AvgIpc) is 3.05. The van der Waals surface area contributed by atoms with Gasteiger partial charge in [0.25, 0.3) is 5.91 Å². The number of benzene rings is 1. The van der Waals surface area contributed by atoms with E-state index >= 15 is 0 Å². The van der Waals surface area contributed by atoms with E-state index in [0.29, 0.717) is 32.1 Å². The number of hydrogen-bond acceptors (Lipinski definition) is 3. The lowest BCUT2D eigenvalue weighted by molar-refractivity contribution is -0.130. The van der Waals surface area contributed by atoms with Crippen LogP contribution in [0, 0.1) is 12.8 Å². The van der Waals surface area contributed by atoms with Crippen LogP contribution >= 0.6 is 0 Å². The molecule has 1 aliphatic heterocycles. The molecule has 1 saturated heterocycles. The van der Waals surface area contributed by atoms with Crippen LogP contribution in [-0.2, 0) is 17.6 Å². The zero-order valence-corrected chi connectivity index (χ0v) is 18.2. The van der Waals surface area contributed by atoms with Crippen LogP contribution < -0.4 is 0 Å². The van der Waals surface area contributed by atoms with Crippen LogP contribution in [0.3, 0.4) is 0 Å². The summed E-state index contributed by atoms with van der Waals surface area (Å²) in [6, 6.07) is 8.15. The highest BCUT2D eigenvalue weighted by Crippen LogP contribution is 2.25. The summed E-state index contributed by atoms with van der Waals surface area (Å²) in [6.45, 7) is 12.4. The van der Waals surface area contributed by atoms with E-state index in [4.69, 9.17) is 5.10 Å². The first-order valence-corrected chi connectivity index (χ1v) is 10.5. The Morgan fingerprint density at radius 1 is 1.07 bits per heavy atom. The van der Waals surface area contributed by atoms with Crippen molar-refractivity contribution in [3.05, 3.63) is 46.8 Å². The maximum absolute atomic E-state index is 13.6. The number of hydrogen-bond donors (Lipinski definition) is 0. The zero-order valence-electron chi connectivity index (χ0n) is 18.2. The van der Waals surface area contributed by atoms with Gasteiger partial charge in [-0.3, -0.25) is 9.59 Å². The molecule has 0 bridgehead atoms. The highest BCUT2D eigenvalue weighted by molar-refractivity contribution is 5.97. The minimum atomic E-state index is 0.0422. The number of aromatic nitrogens is 2. The van der Waals surface area contributed by atoms with Gasteiger partial charge in [-0.05, 0) is 37.3 Å². The second-order valence-electron chi connectivity index (χ2n) is 8.22. The second kappa shape index (κ2) is 8.80. The maximum atomic E-state index is 13.6. The lowest BCUT2D eigenvalue weighted by Gasteiger charge is -2.34. The van der Waals surface area contributed by atoms with Gasteiger partial charge in [-0.25, -0.2) is 4.68 Å². The first-order chi connectivity index (χ1) is 13.8. The molecule has 0 aliphatic carbocycles. The van der Waals surface area contributed by atoms with Crippen LogP contribution in [-0.4, -0.2) is 57.6 Å². The van der Waals surface area contributed by atoms with Gasteiger partial charge in [-0.1, -0.05) is 39.0 Å². The molecule has 1 aliphatic rings. The molecule has 0 unspecified atom stereocenters. The van der Waals surface area contributed by atoms with Crippen LogP contribution in [0.15, 0.2) is 24.3 Å². The van der Waals surface area contributed by atoms with Crippen molar-refractivity contribution >= 4 is 11.8 Å². The summed E-state index contributed by atoms with van der Waals surface area (Å²) < 4.78 is 1.96. The van der Waals surface area contributed by atoms with Crippen molar-refractivity contribution in [1.82, 2.24) is 19.6 Å². The lowest BCUT2D eigenvalue weighted by Crippen LogP contribution is -2.50. The van der Waals surface area contributed by atoms with Gasteiger partial charge in [-0.15, -0.1) is 0 Å². The third kappa shape index (κ3) is 4.36. The Kier molecular flexibility index (Phi) is 6.40. The van der Waals surface area contributed by atoms with Crippen molar-refractivity contribution in [2.45, 2.75) is 47.5 Å². The van der Waals surface area contributed by atoms with Crippen LogP contribution in [0.4, 0.5) is 0 Å². The van der Waals surface area contributed by atoms with Gasteiger partial charge in [0.1, 0.15) is 0 Å². The van der Waals surface area contributed by atoms with Gasteiger partial charge in [0.2, 0.25) is 5.91 Å². The van der Waals surface area contributed by atoms with Crippen molar-refractivity contribution < 1.29 is 9.59 Å². The predicted molar refractivity (Wildman–Crippen MR) is 114 cm³/mol. The van der Waals surface area contributed by atoms with Crippen molar-refractivity contribution in [3.63, 3.8) is 0 Å². The van der Waals surface area contributed by atoms with E-state index < -0.39 is 0 Å². The molecule has 2 heterocycles. The van der Waals surface area contributed by atoms with Crippen LogP contribution in [0.25, 0.3) is 5.69 Å². The zero-order chi connectivity index (χ0) is 21.1. The summed E-state index contributed by atoms with van der Waals surface area (Å²) in [5, 5.41) is 4.92. The summed E-state index contributed by atoms with van der Waals surface area (Å²) >= 11 is 0. The number of carbonyl (C=O) groups is 2. The average molecular weight is 397 g/mol. The lowest BCUT2D eigenvalue weighted by atomic mass is 10.0. The van der Waals surface area contributed by atoms with Gasteiger partial charge in [-0.2, -0.15) is 5.10 Å².